The molecule has 2 amide bonds. The number of carbonyl (C=O) groups is 2. The summed E-state index contributed by atoms with van der Waals surface area (Å²) < 4.78 is 22.8. The Morgan fingerprint density at radius 2 is 1.88 bits per heavy atom. The van der Waals surface area contributed by atoms with Crippen molar-refractivity contribution in [2.45, 2.75) is 24.5 Å². The van der Waals surface area contributed by atoms with Gasteiger partial charge in [-0.25, -0.2) is 8.42 Å². The predicted molar refractivity (Wildman–Crippen MR) is 105 cm³/mol. The van der Waals surface area contributed by atoms with E-state index in [0.717, 1.165) is 11.8 Å². The van der Waals surface area contributed by atoms with Crippen LogP contribution in [0.5, 0.6) is 0 Å². The lowest BCUT2D eigenvalue weighted by Crippen LogP contribution is -2.58. The first kappa shape index (κ1) is 22.7. The van der Waals surface area contributed by atoms with Gasteiger partial charge in [0.05, 0.1) is 17.3 Å². The minimum atomic E-state index is -3.61. The topological polar surface area (TPSA) is 104 Å². The molecule has 1 fully saturated rings. The molecule has 26 heavy (non-hydrogen) atoms. The first-order valence-corrected chi connectivity index (χ1v) is 10.2. The molecule has 3 N–H and O–H groups in total. The van der Waals surface area contributed by atoms with Crippen molar-refractivity contribution in [2.24, 2.45) is 0 Å². The lowest BCUT2D eigenvalue weighted by Gasteiger charge is -2.34. The number of benzene rings is 1. The van der Waals surface area contributed by atoms with Gasteiger partial charge >= 0.3 is 0 Å². The Kier molecular flexibility index (Phi) is 7.88. The number of carbonyl (C=O) groups excluding carboxylic acids is 2. The lowest BCUT2D eigenvalue weighted by molar-refractivity contribution is -0.126. The molecule has 146 valence electrons. The Bertz CT molecular complexity index is 778. The Labute approximate surface area is 164 Å². The monoisotopic (exact) mass is 423 g/mol. The van der Waals surface area contributed by atoms with E-state index in [0.29, 0.717) is 23.8 Å². The normalized spacial score (nSPS) is 16.3. The molecule has 1 aliphatic heterocycles. The molecule has 2 rings (SSSR count). The molecule has 0 bridgehead atoms. The Morgan fingerprint density at radius 1 is 1.27 bits per heavy atom. The van der Waals surface area contributed by atoms with Crippen LogP contribution >= 0.6 is 24.0 Å². The van der Waals surface area contributed by atoms with Crippen molar-refractivity contribution in [2.75, 3.05) is 31.2 Å². The van der Waals surface area contributed by atoms with Gasteiger partial charge in [0.1, 0.15) is 0 Å². The van der Waals surface area contributed by atoms with E-state index in [1.807, 2.05) is 6.92 Å². The Hall–Kier alpha value is -1.35. The fourth-order valence-corrected chi connectivity index (χ4v) is 4.47. The number of nitrogens with one attached hydrogen (secondary N) is 3. The molecular weight excluding hydrogens is 401 g/mol. The van der Waals surface area contributed by atoms with Gasteiger partial charge in [-0.2, -0.15) is 0 Å². The summed E-state index contributed by atoms with van der Waals surface area (Å²) in [5.74, 6) is -1.11. The van der Waals surface area contributed by atoms with Crippen molar-refractivity contribution in [1.29, 1.82) is 0 Å². The zero-order valence-corrected chi connectivity index (χ0v) is 17.0. The summed E-state index contributed by atoms with van der Waals surface area (Å²) in [6, 6.07) is 5.18. The quantitative estimate of drug-likeness (QED) is 0.661. The standard InChI is InChI=1S/C16H22ClN3O4S.ClH/c1-11-3-4-13(12(17)9-11)20-14(21)10-19-15(22)16(25(2,23)24)5-7-18-8-6-16;/h3-4,9,18H,5-8,10H2,1-2H3,(H,19,22)(H,20,21);1H. The third kappa shape index (κ3) is 5.09. The first-order valence-electron chi connectivity index (χ1n) is 7.90. The number of hydrogen-bond donors (Lipinski definition) is 3. The molecule has 0 atom stereocenters. The summed E-state index contributed by atoms with van der Waals surface area (Å²) in [5.41, 5.74) is 1.39. The number of hydrogen-bond acceptors (Lipinski definition) is 5. The molecular formula is C16H23Cl2N3O4S. The number of rotatable bonds is 5. The highest BCUT2D eigenvalue weighted by molar-refractivity contribution is 7.92. The van der Waals surface area contributed by atoms with Crippen LogP contribution in [0, 0.1) is 6.92 Å². The second-order valence-electron chi connectivity index (χ2n) is 6.23. The van der Waals surface area contributed by atoms with Crippen molar-refractivity contribution in [3.63, 3.8) is 0 Å². The van der Waals surface area contributed by atoms with Gasteiger partial charge in [0.15, 0.2) is 14.6 Å². The fraction of sp³-hybridized carbons (Fsp3) is 0.500. The number of aryl methyl sites for hydroxylation is 1. The van der Waals surface area contributed by atoms with E-state index >= 15 is 0 Å². The average Bonchev–Trinajstić information content (AvgIpc) is 2.55. The van der Waals surface area contributed by atoms with Gasteiger partial charge in [-0.15, -0.1) is 12.4 Å². The van der Waals surface area contributed by atoms with E-state index in [9.17, 15) is 18.0 Å². The molecule has 7 nitrogen and oxygen atoms in total. The maximum Gasteiger partial charge on any atom is 0.243 e. The summed E-state index contributed by atoms with van der Waals surface area (Å²) in [5, 5.41) is 8.48. The van der Waals surface area contributed by atoms with Crippen LogP contribution in [0.25, 0.3) is 0 Å². The summed E-state index contributed by atoms with van der Waals surface area (Å²) in [4.78, 5) is 24.6. The largest absolute Gasteiger partial charge is 0.346 e. The van der Waals surface area contributed by atoms with Crippen LogP contribution in [0.3, 0.4) is 0 Å². The van der Waals surface area contributed by atoms with Gasteiger partial charge < -0.3 is 16.0 Å². The van der Waals surface area contributed by atoms with Crippen LogP contribution in [0.2, 0.25) is 5.02 Å². The second-order valence-corrected chi connectivity index (χ2v) is 8.96. The number of amides is 2. The van der Waals surface area contributed by atoms with Crippen LogP contribution in [0.15, 0.2) is 18.2 Å². The van der Waals surface area contributed by atoms with Crippen LogP contribution in [0.1, 0.15) is 18.4 Å². The van der Waals surface area contributed by atoms with Crippen LogP contribution in [0.4, 0.5) is 5.69 Å². The van der Waals surface area contributed by atoms with Gasteiger partial charge in [0.25, 0.3) is 0 Å². The second kappa shape index (κ2) is 9.03. The van der Waals surface area contributed by atoms with Crippen molar-refractivity contribution in [3.8, 4) is 0 Å². The smallest absolute Gasteiger partial charge is 0.243 e. The molecule has 0 radical (unpaired) electrons. The first-order chi connectivity index (χ1) is 11.7. The summed E-state index contributed by atoms with van der Waals surface area (Å²) >= 11 is 6.05. The number of halogens is 2. The lowest BCUT2D eigenvalue weighted by atomic mass is 9.96. The Balaban J connectivity index is 0.00000338. The summed E-state index contributed by atoms with van der Waals surface area (Å²) in [7, 11) is -3.61. The van der Waals surface area contributed by atoms with Crippen molar-refractivity contribution < 1.29 is 18.0 Å². The van der Waals surface area contributed by atoms with Crippen molar-refractivity contribution in [1.82, 2.24) is 10.6 Å². The van der Waals surface area contributed by atoms with Crippen LogP contribution in [-0.4, -0.2) is 50.9 Å². The summed E-state index contributed by atoms with van der Waals surface area (Å²) in [6.45, 7) is 2.42. The predicted octanol–water partition coefficient (Wildman–Crippen LogP) is 1.29. The Morgan fingerprint density at radius 3 is 2.42 bits per heavy atom. The molecule has 0 aliphatic carbocycles. The molecule has 1 aliphatic rings. The SMILES string of the molecule is Cc1ccc(NC(=O)CNC(=O)C2(S(C)(=O)=O)CCNCC2)c(Cl)c1.Cl. The molecule has 0 aromatic heterocycles. The maximum absolute atomic E-state index is 12.5. The molecule has 1 aromatic rings. The minimum Gasteiger partial charge on any atom is -0.346 e. The van der Waals surface area contributed by atoms with E-state index in [1.165, 1.54) is 0 Å². The summed E-state index contributed by atoms with van der Waals surface area (Å²) in [6.07, 6.45) is 1.43. The van der Waals surface area contributed by atoms with Gasteiger partial charge in [-0.3, -0.25) is 9.59 Å². The molecule has 0 unspecified atom stereocenters. The molecule has 0 spiro atoms. The van der Waals surface area contributed by atoms with Gasteiger partial charge in [0.2, 0.25) is 11.8 Å². The van der Waals surface area contributed by atoms with E-state index in [4.69, 9.17) is 11.6 Å². The zero-order valence-electron chi connectivity index (χ0n) is 14.6. The number of anilines is 1. The van der Waals surface area contributed by atoms with E-state index in [-0.39, 0.29) is 31.8 Å². The van der Waals surface area contributed by atoms with E-state index in [1.54, 1.807) is 18.2 Å². The zero-order chi connectivity index (χ0) is 18.7. The van der Waals surface area contributed by atoms with Crippen LogP contribution in [-0.2, 0) is 19.4 Å². The van der Waals surface area contributed by atoms with Crippen molar-refractivity contribution >= 4 is 51.3 Å². The third-order valence-corrected chi connectivity index (χ3v) is 6.67. The molecule has 0 saturated carbocycles. The molecule has 1 saturated heterocycles. The fourth-order valence-electron chi connectivity index (χ4n) is 2.83. The highest BCUT2D eigenvalue weighted by Gasteiger charge is 2.48. The molecule has 1 aromatic carbocycles. The highest BCUT2D eigenvalue weighted by Crippen LogP contribution is 2.28. The van der Waals surface area contributed by atoms with Gasteiger partial charge in [-0.05, 0) is 50.6 Å². The third-order valence-electron chi connectivity index (χ3n) is 4.34. The molecule has 1 heterocycles. The minimum absolute atomic E-state index is 0. The van der Waals surface area contributed by atoms with Crippen molar-refractivity contribution in [3.05, 3.63) is 28.8 Å². The van der Waals surface area contributed by atoms with Gasteiger partial charge in [-0.1, -0.05) is 17.7 Å². The van der Waals surface area contributed by atoms with Crippen LogP contribution < -0.4 is 16.0 Å². The highest BCUT2D eigenvalue weighted by atomic mass is 35.5. The molecule has 10 heteroatoms. The average molecular weight is 424 g/mol. The van der Waals surface area contributed by atoms with E-state index < -0.39 is 26.4 Å². The van der Waals surface area contributed by atoms with E-state index in [2.05, 4.69) is 16.0 Å². The number of piperidine rings is 1. The number of sulfone groups is 1. The maximum atomic E-state index is 12.5. The van der Waals surface area contributed by atoms with Gasteiger partial charge in [0, 0.05) is 6.26 Å².